The number of likely N-dealkylation sites (N-methyl/N-ethyl adjacent to an activating group) is 1. The van der Waals surface area contributed by atoms with Crippen molar-refractivity contribution in [1.82, 2.24) is 10.6 Å². The molecule has 0 aromatic heterocycles. The molecule has 1 amide bonds. The molecule has 0 saturated carbocycles. The van der Waals surface area contributed by atoms with Gasteiger partial charge in [0.15, 0.2) is 0 Å². The lowest BCUT2D eigenvalue weighted by molar-refractivity contribution is 0.0498. The molecule has 106 valence electrons. The largest absolute Gasteiger partial charge is 0.444 e. The lowest BCUT2D eigenvalue weighted by Crippen LogP contribution is -2.43. The van der Waals surface area contributed by atoms with E-state index in [-0.39, 0.29) is 12.1 Å². The number of hydrogen-bond donors (Lipinski definition) is 2. The Bertz CT molecular complexity index is 398. The van der Waals surface area contributed by atoms with Crippen LogP contribution in [0.1, 0.15) is 39.3 Å². The van der Waals surface area contributed by atoms with E-state index in [0.717, 1.165) is 5.56 Å². The van der Waals surface area contributed by atoms with Gasteiger partial charge in [-0.25, -0.2) is 4.79 Å². The minimum absolute atomic E-state index is 0.0497. The Morgan fingerprint density at radius 3 is 2.26 bits per heavy atom. The number of ether oxygens (including phenoxy) is 1. The van der Waals surface area contributed by atoms with Gasteiger partial charge in [0, 0.05) is 6.04 Å². The number of hydrogen-bond acceptors (Lipinski definition) is 3. The van der Waals surface area contributed by atoms with Crippen LogP contribution in [0.4, 0.5) is 4.79 Å². The van der Waals surface area contributed by atoms with Crippen molar-refractivity contribution in [2.45, 2.75) is 45.4 Å². The standard InChI is InChI=1S/C15H24N2O2/c1-11(17-14(18)19-15(2,3)4)13(16-5)12-9-7-6-8-10-12/h6-11,13,16H,1-5H3,(H,17,18)/t11-,13+/m0/s1. The molecule has 0 aliphatic rings. The number of benzene rings is 1. The summed E-state index contributed by atoms with van der Waals surface area (Å²) in [7, 11) is 1.88. The van der Waals surface area contributed by atoms with Crippen LogP contribution in [0.15, 0.2) is 30.3 Å². The Morgan fingerprint density at radius 1 is 1.21 bits per heavy atom. The van der Waals surface area contributed by atoms with Crippen molar-refractivity contribution < 1.29 is 9.53 Å². The summed E-state index contributed by atoms with van der Waals surface area (Å²) in [6.07, 6.45) is -0.392. The molecule has 4 nitrogen and oxygen atoms in total. The summed E-state index contributed by atoms with van der Waals surface area (Å²) in [5, 5.41) is 6.08. The molecule has 0 aliphatic carbocycles. The third-order valence-corrected chi connectivity index (χ3v) is 2.71. The molecule has 19 heavy (non-hydrogen) atoms. The van der Waals surface area contributed by atoms with E-state index in [9.17, 15) is 4.79 Å². The fourth-order valence-corrected chi connectivity index (χ4v) is 1.94. The van der Waals surface area contributed by atoms with Crippen molar-refractivity contribution >= 4 is 6.09 Å². The first-order valence-electron chi connectivity index (χ1n) is 6.55. The number of nitrogens with one attached hydrogen (secondary N) is 2. The maximum Gasteiger partial charge on any atom is 0.407 e. The van der Waals surface area contributed by atoms with Crippen LogP contribution in [0.5, 0.6) is 0 Å². The highest BCUT2D eigenvalue weighted by atomic mass is 16.6. The summed E-state index contributed by atoms with van der Waals surface area (Å²) in [6, 6.07) is 10.0. The molecule has 4 heteroatoms. The van der Waals surface area contributed by atoms with Crippen molar-refractivity contribution in [2.24, 2.45) is 0 Å². The van der Waals surface area contributed by atoms with Gasteiger partial charge in [0.25, 0.3) is 0 Å². The molecule has 2 atom stereocenters. The Balaban J connectivity index is 2.65. The zero-order valence-corrected chi connectivity index (χ0v) is 12.4. The second kappa shape index (κ2) is 6.57. The molecule has 2 N–H and O–H groups in total. The second-order valence-corrected chi connectivity index (χ2v) is 5.61. The van der Waals surface area contributed by atoms with E-state index in [0.29, 0.717) is 0 Å². The fourth-order valence-electron chi connectivity index (χ4n) is 1.94. The number of carbonyl (C=O) groups excluding carboxylic acids is 1. The van der Waals surface area contributed by atoms with E-state index in [4.69, 9.17) is 4.74 Å². The van der Waals surface area contributed by atoms with Gasteiger partial charge < -0.3 is 15.4 Å². The highest BCUT2D eigenvalue weighted by molar-refractivity contribution is 5.68. The summed E-state index contributed by atoms with van der Waals surface area (Å²) in [5.41, 5.74) is 0.652. The van der Waals surface area contributed by atoms with E-state index < -0.39 is 11.7 Å². The smallest absolute Gasteiger partial charge is 0.407 e. The summed E-state index contributed by atoms with van der Waals surface area (Å²) in [6.45, 7) is 7.51. The third-order valence-electron chi connectivity index (χ3n) is 2.71. The summed E-state index contributed by atoms with van der Waals surface area (Å²) in [5.74, 6) is 0. The van der Waals surface area contributed by atoms with E-state index in [1.807, 2.05) is 65.1 Å². The van der Waals surface area contributed by atoms with E-state index >= 15 is 0 Å². The summed E-state index contributed by atoms with van der Waals surface area (Å²) in [4.78, 5) is 11.8. The van der Waals surface area contributed by atoms with Crippen molar-refractivity contribution in [3.63, 3.8) is 0 Å². The highest BCUT2D eigenvalue weighted by Crippen LogP contribution is 2.16. The predicted octanol–water partition coefficient (Wildman–Crippen LogP) is 2.86. The quantitative estimate of drug-likeness (QED) is 0.879. The minimum Gasteiger partial charge on any atom is -0.444 e. The van der Waals surface area contributed by atoms with Gasteiger partial charge in [0.05, 0.1) is 6.04 Å². The average Bonchev–Trinajstić information content (AvgIpc) is 2.28. The number of carbonyl (C=O) groups is 1. The molecular weight excluding hydrogens is 240 g/mol. The molecule has 0 heterocycles. The molecule has 0 aliphatic heterocycles. The molecule has 1 rings (SSSR count). The van der Waals surface area contributed by atoms with Gasteiger partial charge in [-0.15, -0.1) is 0 Å². The van der Waals surface area contributed by atoms with Crippen molar-refractivity contribution in [3.05, 3.63) is 35.9 Å². The first kappa shape index (κ1) is 15.5. The molecule has 0 bridgehead atoms. The molecule has 0 saturated heterocycles. The summed E-state index contributed by atoms with van der Waals surface area (Å²) >= 11 is 0. The topological polar surface area (TPSA) is 50.4 Å². The Labute approximate surface area is 115 Å². The van der Waals surface area contributed by atoms with Crippen molar-refractivity contribution in [2.75, 3.05) is 7.05 Å². The predicted molar refractivity (Wildman–Crippen MR) is 77.1 cm³/mol. The molecule has 1 aromatic carbocycles. The fraction of sp³-hybridized carbons (Fsp3) is 0.533. The average molecular weight is 264 g/mol. The second-order valence-electron chi connectivity index (χ2n) is 5.61. The summed E-state index contributed by atoms with van der Waals surface area (Å²) < 4.78 is 5.26. The van der Waals surface area contributed by atoms with Gasteiger partial charge in [-0.1, -0.05) is 30.3 Å². The van der Waals surface area contributed by atoms with Crippen LogP contribution in [-0.2, 0) is 4.74 Å². The molecule has 0 fully saturated rings. The van der Waals surface area contributed by atoms with Crippen LogP contribution < -0.4 is 10.6 Å². The third kappa shape index (κ3) is 5.30. The Hall–Kier alpha value is -1.55. The Morgan fingerprint density at radius 2 is 1.79 bits per heavy atom. The van der Waals surface area contributed by atoms with Crippen LogP contribution in [0, 0.1) is 0 Å². The molecule has 0 radical (unpaired) electrons. The highest BCUT2D eigenvalue weighted by Gasteiger charge is 2.22. The molecule has 0 spiro atoms. The number of rotatable bonds is 4. The Kier molecular flexibility index (Phi) is 5.36. The molecule has 1 aromatic rings. The van der Waals surface area contributed by atoms with Crippen molar-refractivity contribution in [1.29, 1.82) is 0 Å². The van der Waals surface area contributed by atoms with Crippen LogP contribution in [-0.4, -0.2) is 24.8 Å². The van der Waals surface area contributed by atoms with Gasteiger partial charge in [0.2, 0.25) is 0 Å². The zero-order chi connectivity index (χ0) is 14.5. The van der Waals surface area contributed by atoms with E-state index in [2.05, 4.69) is 10.6 Å². The zero-order valence-electron chi connectivity index (χ0n) is 12.4. The van der Waals surface area contributed by atoms with Crippen LogP contribution >= 0.6 is 0 Å². The SMILES string of the molecule is CN[C@@H](c1ccccc1)[C@H](C)NC(=O)OC(C)(C)C. The number of alkyl carbamates (subject to hydrolysis) is 1. The van der Waals surface area contributed by atoms with Gasteiger partial charge in [0.1, 0.15) is 5.60 Å². The van der Waals surface area contributed by atoms with Crippen LogP contribution in [0.2, 0.25) is 0 Å². The first-order chi connectivity index (χ1) is 8.83. The lowest BCUT2D eigenvalue weighted by Gasteiger charge is -2.27. The van der Waals surface area contributed by atoms with Gasteiger partial charge in [-0.05, 0) is 40.3 Å². The normalized spacial score (nSPS) is 14.6. The van der Waals surface area contributed by atoms with Gasteiger partial charge >= 0.3 is 6.09 Å². The van der Waals surface area contributed by atoms with Crippen LogP contribution in [0.3, 0.4) is 0 Å². The lowest BCUT2D eigenvalue weighted by atomic mass is 10.0. The van der Waals surface area contributed by atoms with Gasteiger partial charge in [-0.3, -0.25) is 0 Å². The maximum atomic E-state index is 11.8. The molecular formula is C15H24N2O2. The van der Waals surface area contributed by atoms with Crippen molar-refractivity contribution in [3.8, 4) is 0 Å². The monoisotopic (exact) mass is 264 g/mol. The van der Waals surface area contributed by atoms with Gasteiger partial charge in [-0.2, -0.15) is 0 Å². The molecule has 0 unspecified atom stereocenters. The van der Waals surface area contributed by atoms with E-state index in [1.54, 1.807) is 0 Å². The minimum atomic E-state index is -0.480. The van der Waals surface area contributed by atoms with E-state index in [1.165, 1.54) is 0 Å². The first-order valence-corrected chi connectivity index (χ1v) is 6.55. The maximum absolute atomic E-state index is 11.8. The van der Waals surface area contributed by atoms with Crippen LogP contribution in [0.25, 0.3) is 0 Å². The number of amides is 1.